The number of carbonyl (C=O) groups is 1. The van der Waals surface area contributed by atoms with Crippen LogP contribution in [-0.2, 0) is 14.9 Å². The molecule has 2 aromatic carbocycles. The SMILES string of the molecule is CC(C)CCCCCOC(=O)C(C)c1cc(-n2nc3ccccc3n2)c(O)c(C(C)(C)C)c1. The minimum Gasteiger partial charge on any atom is -0.505 e. The molecule has 6 nitrogen and oxygen atoms in total. The summed E-state index contributed by atoms with van der Waals surface area (Å²) >= 11 is 0. The smallest absolute Gasteiger partial charge is 0.313 e. The highest BCUT2D eigenvalue weighted by molar-refractivity contribution is 5.79. The average Bonchev–Trinajstić information content (AvgIpc) is 3.18. The Bertz CT molecular complexity index is 1060. The highest BCUT2D eigenvalue weighted by Gasteiger charge is 2.26. The second-order valence-corrected chi connectivity index (χ2v) is 10.3. The molecule has 1 N–H and O–H groups in total. The van der Waals surface area contributed by atoms with Crippen molar-refractivity contribution in [3.05, 3.63) is 47.5 Å². The van der Waals surface area contributed by atoms with Crippen molar-refractivity contribution in [2.24, 2.45) is 5.92 Å². The van der Waals surface area contributed by atoms with E-state index in [1.54, 1.807) is 6.07 Å². The first-order chi connectivity index (χ1) is 15.6. The van der Waals surface area contributed by atoms with E-state index in [0.29, 0.717) is 18.2 Å². The minimum atomic E-state index is -0.467. The van der Waals surface area contributed by atoms with Crippen molar-refractivity contribution in [2.45, 2.75) is 78.6 Å². The molecule has 6 heteroatoms. The predicted octanol–water partition coefficient (Wildman–Crippen LogP) is 6.29. The molecule has 1 heterocycles. The standard InChI is InChI=1S/C27H37N3O3/c1-18(2)12-8-7-11-15-33-26(32)19(3)20-16-21(27(4,5)6)25(31)24(17-20)30-28-22-13-9-10-14-23(22)29-30/h9-10,13-14,16-19,31H,7-8,11-12,15H2,1-6H3. The zero-order valence-electron chi connectivity index (χ0n) is 20.8. The van der Waals surface area contributed by atoms with Gasteiger partial charge in [-0.2, -0.15) is 0 Å². The van der Waals surface area contributed by atoms with Gasteiger partial charge < -0.3 is 9.84 Å². The van der Waals surface area contributed by atoms with E-state index in [2.05, 4.69) is 24.0 Å². The first-order valence-corrected chi connectivity index (χ1v) is 11.9. The third-order valence-electron chi connectivity index (χ3n) is 5.95. The van der Waals surface area contributed by atoms with Gasteiger partial charge in [0.1, 0.15) is 22.5 Å². The molecule has 0 aliphatic rings. The fraction of sp³-hybridized carbons (Fsp3) is 0.519. The fourth-order valence-electron chi connectivity index (χ4n) is 3.85. The number of fused-ring (bicyclic) bond motifs is 1. The van der Waals surface area contributed by atoms with Gasteiger partial charge in [0.05, 0.1) is 12.5 Å². The second kappa shape index (κ2) is 10.4. The number of aromatic hydroxyl groups is 1. The summed E-state index contributed by atoms with van der Waals surface area (Å²) < 4.78 is 5.58. The largest absolute Gasteiger partial charge is 0.505 e. The van der Waals surface area contributed by atoms with E-state index in [1.807, 2.05) is 58.0 Å². The Labute approximate surface area is 197 Å². The molecule has 0 saturated heterocycles. The quantitative estimate of drug-likeness (QED) is 0.306. The van der Waals surface area contributed by atoms with E-state index in [-0.39, 0.29) is 17.1 Å². The summed E-state index contributed by atoms with van der Waals surface area (Å²) in [5.74, 6) is 0.104. The number of hydrogen-bond donors (Lipinski definition) is 1. The summed E-state index contributed by atoms with van der Waals surface area (Å²) in [5, 5.41) is 20.2. The van der Waals surface area contributed by atoms with Gasteiger partial charge in [-0.25, -0.2) is 0 Å². The maximum Gasteiger partial charge on any atom is 0.313 e. The lowest BCUT2D eigenvalue weighted by Gasteiger charge is -2.24. The highest BCUT2D eigenvalue weighted by atomic mass is 16.5. The lowest BCUT2D eigenvalue weighted by atomic mass is 9.83. The zero-order valence-corrected chi connectivity index (χ0v) is 20.8. The van der Waals surface area contributed by atoms with E-state index in [4.69, 9.17) is 4.74 Å². The molecule has 178 valence electrons. The summed E-state index contributed by atoms with van der Waals surface area (Å²) in [6.07, 6.45) is 4.30. The molecule has 33 heavy (non-hydrogen) atoms. The Morgan fingerprint density at radius 1 is 1.03 bits per heavy atom. The van der Waals surface area contributed by atoms with Crippen molar-refractivity contribution in [3.63, 3.8) is 0 Å². The second-order valence-electron chi connectivity index (χ2n) is 10.3. The van der Waals surface area contributed by atoms with Gasteiger partial charge in [-0.15, -0.1) is 15.0 Å². The van der Waals surface area contributed by atoms with E-state index < -0.39 is 5.92 Å². The Morgan fingerprint density at radius 2 is 1.67 bits per heavy atom. The lowest BCUT2D eigenvalue weighted by molar-refractivity contribution is -0.145. The number of esters is 1. The van der Waals surface area contributed by atoms with Crippen LogP contribution in [0.15, 0.2) is 36.4 Å². The maximum atomic E-state index is 12.8. The summed E-state index contributed by atoms with van der Waals surface area (Å²) in [6, 6.07) is 11.3. The molecule has 0 spiro atoms. The maximum absolute atomic E-state index is 12.8. The first-order valence-electron chi connectivity index (χ1n) is 11.9. The minimum absolute atomic E-state index is 0.122. The van der Waals surface area contributed by atoms with Crippen molar-refractivity contribution in [3.8, 4) is 11.4 Å². The molecule has 0 amide bonds. The van der Waals surface area contributed by atoms with Crippen LogP contribution in [0.25, 0.3) is 16.7 Å². The summed E-state index contributed by atoms with van der Waals surface area (Å²) in [6.45, 7) is 12.8. The molecule has 0 bridgehead atoms. The molecule has 1 aromatic heterocycles. The first kappa shape index (κ1) is 24.7. The Hall–Kier alpha value is -2.89. The van der Waals surface area contributed by atoms with Gasteiger partial charge >= 0.3 is 5.97 Å². The molecule has 0 radical (unpaired) electrons. The molecule has 0 saturated carbocycles. The van der Waals surface area contributed by atoms with Crippen LogP contribution in [0.3, 0.4) is 0 Å². The van der Waals surface area contributed by atoms with Gasteiger partial charge in [0.2, 0.25) is 0 Å². The average molecular weight is 452 g/mol. The Balaban J connectivity index is 1.84. The van der Waals surface area contributed by atoms with Gasteiger partial charge in [0, 0.05) is 5.56 Å². The van der Waals surface area contributed by atoms with Crippen molar-refractivity contribution in [2.75, 3.05) is 6.61 Å². The van der Waals surface area contributed by atoms with E-state index in [0.717, 1.165) is 41.4 Å². The van der Waals surface area contributed by atoms with E-state index in [9.17, 15) is 9.90 Å². The Morgan fingerprint density at radius 3 is 2.24 bits per heavy atom. The fourth-order valence-corrected chi connectivity index (χ4v) is 3.85. The van der Waals surface area contributed by atoms with Crippen LogP contribution in [0.4, 0.5) is 0 Å². The molecular formula is C27H37N3O3. The van der Waals surface area contributed by atoms with Gasteiger partial charge in [-0.05, 0) is 48.4 Å². The number of benzene rings is 2. The molecule has 0 aliphatic heterocycles. The van der Waals surface area contributed by atoms with Gasteiger partial charge in [0.15, 0.2) is 0 Å². The highest BCUT2D eigenvalue weighted by Crippen LogP contribution is 2.38. The van der Waals surface area contributed by atoms with Crippen molar-refractivity contribution in [1.29, 1.82) is 0 Å². The number of ether oxygens (including phenoxy) is 1. The number of carbonyl (C=O) groups excluding carboxylic acids is 1. The molecule has 0 fully saturated rings. The molecule has 3 rings (SSSR count). The van der Waals surface area contributed by atoms with Crippen LogP contribution in [0, 0.1) is 5.92 Å². The molecular weight excluding hydrogens is 414 g/mol. The van der Waals surface area contributed by atoms with E-state index in [1.165, 1.54) is 11.2 Å². The topological polar surface area (TPSA) is 77.2 Å². The van der Waals surface area contributed by atoms with Crippen LogP contribution in [0.1, 0.15) is 84.3 Å². The molecule has 1 atom stereocenters. The third-order valence-corrected chi connectivity index (χ3v) is 5.95. The summed E-state index contributed by atoms with van der Waals surface area (Å²) in [4.78, 5) is 14.2. The number of aromatic nitrogens is 3. The van der Waals surface area contributed by atoms with E-state index >= 15 is 0 Å². The number of phenolic OH excluding ortho intramolecular Hbond substituents is 1. The van der Waals surface area contributed by atoms with Gasteiger partial charge in [0.25, 0.3) is 0 Å². The van der Waals surface area contributed by atoms with Crippen molar-refractivity contribution < 1.29 is 14.6 Å². The molecule has 1 unspecified atom stereocenters. The number of hydrogen-bond acceptors (Lipinski definition) is 5. The van der Waals surface area contributed by atoms with Crippen molar-refractivity contribution in [1.82, 2.24) is 15.0 Å². The molecule has 0 aliphatic carbocycles. The number of phenols is 1. The van der Waals surface area contributed by atoms with Crippen LogP contribution in [-0.4, -0.2) is 32.7 Å². The monoisotopic (exact) mass is 451 g/mol. The zero-order chi connectivity index (χ0) is 24.2. The van der Waals surface area contributed by atoms with Crippen LogP contribution < -0.4 is 0 Å². The number of nitrogens with zero attached hydrogens (tertiary/aromatic N) is 3. The molecule has 3 aromatic rings. The summed E-state index contributed by atoms with van der Waals surface area (Å²) in [7, 11) is 0. The van der Waals surface area contributed by atoms with Crippen LogP contribution in [0.2, 0.25) is 0 Å². The van der Waals surface area contributed by atoms with Crippen LogP contribution >= 0.6 is 0 Å². The summed E-state index contributed by atoms with van der Waals surface area (Å²) in [5.41, 5.74) is 3.13. The van der Waals surface area contributed by atoms with Gasteiger partial charge in [-0.1, -0.05) is 72.1 Å². The predicted molar refractivity (Wildman–Crippen MR) is 132 cm³/mol. The van der Waals surface area contributed by atoms with Gasteiger partial charge in [-0.3, -0.25) is 4.79 Å². The number of unbranched alkanes of at least 4 members (excludes halogenated alkanes) is 2. The normalized spacial score (nSPS) is 12.9. The van der Waals surface area contributed by atoms with Crippen molar-refractivity contribution >= 4 is 17.0 Å². The Kier molecular flexibility index (Phi) is 7.77. The van der Waals surface area contributed by atoms with Crippen LogP contribution in [0.5, 0.6) is 5.75 Å². The third kappa shape index (κ3) is 6.12. The number of rotatable bonds is 9. The lowest BCUT2D eigenvalue weighted by Crippen LogP contribution is -2.18.